The Morgan fingerprint density at radius 1 is 0.966 bits per heavy atom. The highest BCUT2D eigenvalue weighted by Crippen LogP contribution is 2.33. The van der Waals surface area contributed by atoms with E-state index in [4.69, 9.17) is 0 Å². The summed E-state index contributed by atoms with van der Waals surface area (Å²) < 4.78 is 54.1. The summed E-state index contributed by atoms with van der Waals surface area (Å²) in [5, 5.41) is 3.66. The van der Waals surface area contributed by atoms with Gasteiger partial charge in [0, 0.05) is 0 Å². The number of para-hydroxylation sites is 1. The quantitative estimate of drug-likeness (QED) is 0.517. The first-order chi connectivity index (χ1) is 13.8. The molecule has 3 rings (SSSR count). The van der Waals surface area contributed by atoms with Crippen molar-refractivity contribution in [2.45, 2.75) is 12.6 Å². The van der Waals surface area contributed by atoms with E-state index in [9.17, 15) is 27.2 Å². The van der Waals surface area contributed by atoms with Crippen LogP contribution < -0.4 is 10.9 Å². The van der Waals surface area contributed by atoms with Crippen molar-refractivity contribution >= 4 is 11.8 Å². The van der Waals surface area contributed by atoms with Gasteiger partial charge in [-0.3, -0.25) is 20.4 Å². The summed E-state index contributed by atoms with van der Waals surface area (Å²) in [7, 11) is 0. The molecule has 0 aliphatic rings. The van der Waals surface area contributed by atoms with E-state index in [0.717, 1.165) is 18.3 Å². The van der Waals surface area contributed by atoms with E-state index in [0.29, 0.717) is 10.2 Å². The summed E-state index contributed by atoms with van der Waals surface area (Å²) in [6, 6.07) is 12.6. The number of hydrogen-bond acceptors (Lipinski definition) is 3. The van der Waals surface area contributed by atoms with Gasteiger partial charge >= 0.3 is 6.18 Å². The normalized spacial score (nSPS) is 11.2. The van der Waals surface area contributed by atoms with E-state index in [1.54, 1.807) is 6.07 Å². The van der Waals surface area contributed by atoms with Crippen molar-refractivity contribution in [3.8, 4) is 5.69 Å². The van der Waals surface area contributed by atoms with E-state index in [1.807, 2.05) is 10.9 Å². The van der Waals surface area contributed by atoms with Crippen LogP contribution in [0.4, 0.5) is 17.6 Å². The summed E-state index contributed by atoms with van der Waals surface area (Å²) in [4.78, 5) is 24.1. The number of alkyl halides is 3. The average Bonchev–Trinajstić information content (AvgIpc) is 3.14. The molecule has 2 N–H and O–H groups in total. The summed E-state index contributed by atoms with van der Waals surface area (Å²) in [6.45, 7) is 0. The van der Waals surface area contributed by atoms with Crippen LogP contribution in [-0.4, -0.2) is 21.6 Å². The van der Waals surface area contributed by atoms with Gasteiger partial charge in [0.25, 0.3) is 5.91 Å². The standard InChI is InChI=1S/C19H14F4N4O2/c20-13-8-6-12(7-9-13)10-16(28)25-26-18(29)15-11-24-27(17(15)19(21,22)23)14-4-2-1-3-5-14/h1-9,11H,10H2,(H,25,28)(H,26,29). The van der Waals surface area contributed by atoms with Gasteiger partial charge < -0.3 is 0 Å². The molecule has 10 heteroatoms. The lowest BCUT2D eigenvalue weighted by atomic mass is 10.1. The van der Waals surface area contributed by atoms with Crippen LogP contribution in [0.2, 0.25) is 0 Å². The summed E-state index contributed by atoms with van der Waals surface area (Å²) in [6.07, 6.45) is -4.29. The SMILES string of the molecule is O=C(Cc1ccc(F)cc1)NNC(=O)c1cnn(-c2ccccc2)c1C(F)(F)F. The predicted molar refractivity (Wildman–Crippen MR) is 94.3 cm³/mol. The van der Waals surface area contributed by atoms with E-state index in [2.05, 4.69) is 5.10 Å². The number of rotatable bonds is 4. The lowest BCUT2D eigenvalue weighted by molar-refractivity contribution is -0.143. The molecule has 1 heterocycles. The first-order valence-corrected chi connectivity index (χ1v) is 8.30. The Hall–Kier alpha value is -3.69. The molecule has 0 atom stereocenters. The van der Waals surface area contributed by atoms with Crippen molar-refractivity contribution in [1.82, 2.24) is 20.6 Å². The monoisotopic (exact) mass is 406 g/mol. The molecule has 6 nitrogen and oxygen atoms in total. The number of nitrogens with zero attached hydrogens (tertiary/aromatic N) is 2. The predicted octanol–water partition coefficient (Wildman–Crippen LogP) is 3.03. The van der Waals surface area contributed by atoms with Gasteiger partial charge in [0.1, 0.15) is 5.82 Å². The Morgan fingerprint density at radius 2 is 1.62 bits per heavy atom. The molecule has 2 amide bonds. The van der Waals surface area contributed by atoms with Crippen LogP contribution in [0.5, 0.6) is 0 Å². The highest BCUT2D eigenvalue weighted by Gasteiger charge is 2.40. The van der Waals surface area contributed by atoms with Gasteiger partial charge in [0.15, 0.2) is 5.69 Å². The maximum absolute atomic E-state index is 13.5. The zero-order chi connectivity index (χ0) is 21.0. The number of carbonyl (C=O) groups excluding carboxylic acids is 2. The minimum absolute atomic E-state index is 0.124. The highest BCUT2D eigenvalue weighted by molar-refractivity contribution is 5.96. The first kappa shape index (κ1) is 20.1. The minimum atomic E-state index is -4.86. The zero-order valence-corrected chi connectivity index (χ0v) is 14.7. The molecule has 0 fully saturated rings. The van der Waals surface area contributed by atoms with Gasteiger partial charge in [-0.15, -0.1) is 0 Å². The zero-order valence-electron chi connectivity index (χ0n) is 14.7. The number of aromatic nitrogens is 2. The molecule has 150 valence electrons. The van der Waals surface area contributed by atoms with Crippen LogP contribution in [0.1, 0.15) is 21.6 Å². The summed E-state index contributed by atoms with van der Waals surface area (Å²) >= 11 is 0. The van der Waals surface area contributed by atoms with Gasteiger partial charge in [-0.2, -0.15) is 18.3 Å². The molecule has 0 radical (unpaired) electrons. The molecular formula is C19H14F4N4O2. The molecule has 0 spiro atoms. The second-order valence-corrected chi connectivity index (χ2v) is 5.96. The molecule has 0 unspecified atom stereocenters. The Bertz CT molecular complexity index is 1010. The average molecular weight is 406 g/mol. The second kappa shape index (κ2) is 8.13. The number of carbonyl (C=O) groups is 2. The van der Waals surface area contributed by atoms with Crippen LogP contribution in [0, 0.1) is 5.82 Å². The minimum Gasteiger partial charge on any atom is -0.273 e. The van der Waals surface area contributed by atoms with Gasteiger partial charge in [-0.25, -0.2) is 9.07 Å². The molecular weight excluding hydrogens is 392 g/mol. The van der Waals surface area contributed by atoms with Crippen molar-refractivity contribution in [1.29, 1.82) is 0 Å². The maximum Gasteiger partial charge on any atom is 0.434 e. The topological polar surface area (TPSA) is 76.0 Å². The fourth-order valence-electron chi connectivity index (χ4n) is 2.58. The van der Waals surface area contributed by atoms with E-state index < -0.39 is 35.1 Å². The Labute approximate surface area is 162 Å². The lowest BCUT2D eigenvalue weighted by Gasteiger charge is -2.13. The highest BCUT2D eigenvalue weighted by atomic mass is 19.4. The first-order valence-electron chi connectivity index (χ1n) is 8.30. The molecule has 0 saturated heterocycles. The molecule has 0 aliphatic heterocycles. The largest absolute Gasteiger partial charge is 0.434 e. The van der Waals surface area contributed by atoms with Gasteiger partial charge in [-0.1, -0.05) is 30.3 Å². The third-order valence-electron chi connectivity index (χ3n) is 3.88. The number of nitrogens with one attached hydrogen (secondary N) is 2. The Balaban J connectivity index is 1.74. The summed E-state index contributed by atoms with van der Waals surface area (Å²) in [5.41, 5.74) is 2.55. The molecule has 0 aliphatic carbocycles. The molecule has 3 aromatic rings. The number of hydrazine groups is 1. The fraction of sp³-hybridized carbons (Fsp3) is 0.105. The van der Waals surface area contributed by atoms with Crippen molar-refractivity contribution in [3.05, 3.63) is 83.4 Å². The van der Waals surface area contributed by atoms with Gasteiger partial charge in [0.05, 0.1) is 23.9 Å². The fourth-order valence-corrected chi connectivity index (χ4v) is 2.58. The van der Waals surface area contributed by atoms with Crippen LogP contribution in [0.25, 0.3) is 5.69 Å². The van der Waals surface area contributed by atoms with Crippen LogP contribution in [-0.2, 0) is 17.4 Å². The van der Waals surface area contributed by atoms with Crippen LogP contribution >= 0.6 is 0 Å². The number of amides is 2. The number of halogens is 4. The number of benzene rings is 2. The van der Waals surface area contributed by atoms with Crippen LogP contribution in [0.3, 0.4) is 0 Å². The maximum atomic E-state index is 13.5. The molecule has 2 aromatic carbocycles. The van der Waals surface area contributed by atoms with Gasteiger partial charge in [0.2, 0.25) is 5.91 Å². The van der Waals surface area contributed by atoms with E-state index in [1.165, 1.54) is 36.4 Å². The Morgan fingerprint density at radius 3 is 2.24 bits per heavy atom. The van der Waals surface area contributed by atoms with Crippen molar-refractivity contribution < 1.29 is 27.2 Å². The summed E-state index contributed by atoms with van der Waals surface area (Å²) in [5.74, 6) is -2.33. The smallest absolute Gasteiger partial charge is 0.273 e. The number of hydrogen-bond donors (Lipinski definition) is 2. The van der Waals surface area contributed by atoms with Crippen LogP contribution in [0.15, 0.2) is 60.8 Å². The lowest BCUT2D eigenvalue weighted by Crippen LogP contribution is -2.42. The molecule has 0 saturated carbocycles. The van der Waals surface area contributed by atoms with Crippen molar-refractivity contribution in [2.75, 3.05) is 0 Å². The molecule has 0 bridgehead atoms. The Kier molecular flexibility index (Phi) is 5.62. The third-order valence-corrected chi connectivity index (χ3v) is 3.88. The van der Waals surface area contributed by atoms with E-state index >= 15 is 0 Å². The molecule has 1 aromatic heterocycles. The third kappa shape index (κ3) is 4.78. The van der Waals surface area contributed by atoms with Crippen molar-refractivity contribution in [2.24, 2.45) is 0 Å². The van der Waals surface area contributed by atoms with E-state index in [-0.39, 0.29) is 12.1 Å². The van der Waals surface area contributed by atoms with Gasteiger partial charge in [-0.05, 0) is 29.8 Å². The van der Waals surface area contributed by atoms with Crippen molar-refractivity contribution in [3.63, 3.8) is 0 Å². The second-order valence-electron chi connectivity index (χ2n) is 5.96. The molecule has 29 heavy (non-hydrogen) atoms.